The van der Waals surface area contributed by atoms with Gasteiger partial charge in [0.2, 0.25) is 0 Å². The second-order valence-electron chi connectivity index (χ2n) is 1.58. The fourth-order valence-corrected chi connectivity index (χ4v) is 2.51. The van der Waals surface area contributed by atoms with Crippen LogP contribution >= 0.6 is 45.5 Å². The van der Waals surface area contributed by atoms with Crippen molar-refractivity contribution in [2.75, 3.05) is 7.11 Å². The Morgan fingerprint density at radius 1 is 1.82 bits per heavy atom. The maximum absolute atomic E-state index is 10.9. The zero-order chi connectivity index (χ0) is 8.43. The second-order valence-corrected chi connectivity index (χ2v) is 4.18. The molecule has 0 fully saturated rings. The lowest BCUT2D eigenvalue weighted by Gasteiger charge is -1.91. The van der Waals surface area contributed by atoms with Crippen LogP contribution in [0.1, 0.15) is 9.67 Å². The monoisotopic (exact) mass is 303 g/mol. The Hall–Kier alpha value is 0.120. The van der Waals surface area contributed by atoms with Gasteiger partial charge in [0.05, 0.1) is 7.11 Å². The van der Waals surface area contributed by atoms with E-state index in [2.05, 4.69) is 9.72 Å². The third kappa shape index (κ3) is 2.03. The molecule has 0 unspecified atom stereocenters. The van der Waals surface area contributed by atoms with Crippen molar-refractivity contribution >= 4 is 51.5 Å². The minimum Gasteiger partial charge on any atom is -0.465 e. The summed E-state index contributed by atoms with van der Waals surface area (Å²) in [7, 11) is 1.33. The van der Waals surface area contributed by atoms with Crippen LogP contribution in [0.5, 0.6) is 0 Å². The van der Waals surface area contributed by atoms with Gasteiger partial charge in [-0.2, -0.15) is 0 Å². The molecule has 0 saturated heterocycles. The summed E-state index contributed by atoms with van der Waals surface area (Å²) in [5.41, 5.74) is 0. The minimum absolute atomic E-state index is 0.356. The molecule has 0 radical (unpaired) electrons. The van der Waals surface area contributed by atoms with Crippen LogP contribution < -0.4 is 0 Å². The Morgan fingerprint density at radius 3 is 2.82 bits per heavy atom. The third-order valence-corrected chi connectivity index (χ3v) is 3.22. The van der Waals surface area contributed by atoms with E-state index in [9.17, 15) is 4.79 Å². The van der Waals surface area contributed by atoms with Crippen molar-refractivity contribution in [3.8, 4) is 0 Å². The van der Waals surface area contributed by atoms with Crippen LogP contribution in [0.15, 0.2) is 0 Å². The van der Waals surface area contributed by atoms with Gasteiger partial charge >= 0.3 is 5.97 Å². The van der Waals surface area contributed by atoms with E-state index in [-0.39, 0.29) is 5.97 Å². The smallest absolute Gasteiger partial charge is 0.350 e. The van der Waals surface area contributed by atoms with Gasteiger partial charge in [0.1, 0.15) is 8.58 Å². The first kappa shape index (κ1) is 9.21. The molecule has 0 bridgehead atoms. The highest BCUT2D eigenvalue weighted by atomic mass is 127. The first-order valence-electron chi connectivity index (χ1n) is 2.55. The zero-order valence-corrected chi connectivity index (χ0v) is 9.16. The molecular weight excluding hydrogens is 300 g/mol. The first-order chi connectivity index (χ1) is 5.15. The van der Waals surface area contributed by atoms with Crippen LogP contribution in [-0.2, 0) is 4.74 Å². The molecule has 3 nitrogen and oxygen atoms in total. The van der Waals surface area contributed by atoms with Crippen molar-refractivity contribution in [3.05, 3.63) is 13.0 Å². The molecule has 0 aliphatic rings. The van der Waals surface area contributed by atoms with Crippen molar-refractivity contribution in [1.29, 1.82) is 0 Å². The Bertz CT molecular complexity index is 288. The van der Waals surface area contributed by atoms with Crippen molar-refractivity contribution in [1.82, 2.24) is 4.98 Å². The number of halogens is 2. The van der Waals surface area contributed by atoms with Crippen LogP contribution in [0.25, 0.3) is 0 Å². The number of hydrogen-bond donors (Lipinski definition) is 0. The van der Waals surface area contributed by atoms with Crippen molar-refractivity contribution in [2.45, 2.75) is 0 Å². The number of thiazole rings is 1. The fourth-order valence-electron chi connectivity index (χ4n) is 0.496. The average Bonchev–Trinajstić information content (AvgIpc) is 2.28. The van der Waals surface area contributed by atoms with Crippen LogP contribution in [0.4, 0.5) is 0 Å². The number of esters is 1. The van der Waals surface area contributed by atoms with Gasteiger partial charge in [0.25, 0.3) is 0 Å². The Balaban J connectivity index is 3.03. The van der Waals surface area contributed by atoms with Crippen LogP contribution in [0.3, 0.4) is 0 Å². The highest BCUT2D eigenvalue weighted by molar-refractivity contribution is 14.1. The van der Waals surface area contributed by atoms with E-state index < -0.39 is 0 Å². The molecular formula is C5H3ClINO2S. The molecule has 1 heterocycles. The summed E-state index contributed by atoms with van der Waals surface area (Å²) in [5, 5.41) is 0. The zero-order valence-electron chi connectivity index (χ0n) is 5.43. The summed E-state index contributed by atoms with van der Waals surface area (Å²) in [6, 6.07) is 0. The largest absolute Gasteiger partial charge is 0.465 e. The van der Waals surface area contributed by atoms with Gasteiger partial charge in [-0.05, 0) is 22.6 Å². The summed E-state index contributed by atoms with van der Waals surface area (Å²) in [6.45, 7) is 0. The summed E-state index contributed by atoms with van der Waals surface area (Å²) >= 11 is 8.61. The number of ether oxygens (including phenoxy) is 1. The van der Waals surface area contributed by atoms with Crippen LogP contribution in [0.2, 0.25) is 4.47 Å². The van der Waals surface area contributed by atoms with E-state index >= 15 is 0 Å². The predicted molar refractivity (Wildman–Crippen MR) is 51.2 cm³/mol. The van der Waals surface area contributed by atoms with Crippen molar-refractivity contribution in [2.24, 2.45) is 0 Å². The molecule has 0 saturated carbocycles. The van der Waals surface area contributed by atoms with E-state index in [4.69, 9.17) is 11.6 Å². The molecule has 11 heavy (non-hydrogen) atoms. The number of hydrogen-bond acceptors (Lipinski definition) is 4. The first-order valence-corrected chi connectivity index (χ1v) is 4.82. The van der Waals surface area contributed by atoms with E-state index in [0.717, 1.165) is 11.3 Å². The van der Waals surface area contributed by atoms with Gasteiger partial charge in [-0.3, -0.25) is 0 Å². The Morgan fingerprint density at radius 2 is 2.45 bits per heavy atom. The normalized spacial score (nSPS) is 9.73. The van der Waals surface area contributed by atoms with E-state index in [1.165, 1.54) is 7.11 Å². The lowest BCUT2D eigenvalue weighted by atomic mass is 10.6. The standard InChI is InChI=1S/C5H3ClINO2S/c1-10-4(9)2-3(7)8-5(6)11-2/h1H3. The number of methoxy groups -OCH3 is 1. The molecule has 0 spiro atoms. The Labute approximate surface area is 85.9 Å². The second kappa shape index (κ2) is 3.68. The SMILES string of the molecule is COC(=O)c1sc(Cl)nc1I. The number of rotatable bonds is 1. The van der Waals surface area contributed by atoms with Gasteiger partial charge in [-0.25, -0.2) is 9.78 Å². The number of carbonyl (C=O) groups excluding carboxylic acids is 1. The van der Waals surface area contributed by atoms with Gasteiger partial charge in [-0.15, -0.1) is 0 Å². The molecule has 1 aromatic rings. The number of aromatic nitrogens is 1. The lowest BCUT2D eigenvalue weighted by Crippen LogP contribution is -1.99. The van der Waals surface area contributed by atoms with E-state index in [1.807, 2.05) is 22.6 Å². The maximum atomic E-state index is 10.9. The highest BCUT2D eigenvalue weighted by Crippen LogP contribution is 2.24. The predicted octanol–water partition coefficient (Wildman–Crippen LogP) is 2.19. The maximum Gasteiger partial charge on any atom is 0.350 e. The molecule has 6 heteroatoms. The Kier molecular flexibility index (Phi) is 3.08. The molecule has 1 rings (SSSR count). The van der Waals surface area contributed by atoms with Crippen molar-refractivity contribution < 1.29 is 9.53 Å². The topological polar surface area (TPSA) is 39.2 Å². The molecule has 0 aliphatic carbocycles. The van der Waals surface area contributed by atoms with Gasteiger partial charge in [-0.1, -0.05) is 22.9 Å². The summed E-state index contributed by atoms with van der Waals surface area (Å²) < 4.78 is 5.44. The summed E-state index contributed by atoms with van der Waals surface area (Å²) in [4.78, 5) is 15.2. The molecule has 0 aliphatic heterocycles. The van der Waals surface area contributed by atoms with Crippen LogP contribution in [-0.4, -0.2) is 18.1 Å². The highest BCUT2D eigenvalue weighted by Gasteiger charge is 2.15. The van der Waals surface area contributed by atoms with E-state index in [1.54, 1.807) is 0 Å². The van der Waals surface area contributed by atoms with Gasteiger partial charge < -0.3 is 4.74 Å². The van der Waals surface area contributed by atoms with Crippen LogP contribution in [0, 0.1) is 3.70 Å². The quantitative estimate of drug-likeness (QED) is 0.590. The fraction of sp³-hybridized carbons (Fsp3) is 0.200. The molecule has 60 valence electrons. The number of nitrogens with zero attached hydrogens (tertiary/aromatic N) is 1. The minimum atomic E-state index is -0.390. The van der Waals surface area contributed by atoms with Gasteiger partial charge in [0.15, 0.2) is 4.47 Å². The van der Waals surface area contributed by atoms with Gasteiger partial charge in [0, 0.05) is 0 Å². The van der Waals surface area contributed by atoms with Crippen molar-refractivity contribution in [3.63, 3.8) is 0 Å². The van der Waals surface area contributed by atoms with E-state index in [0.29, 0.717) is 13.0 Å². The third-order valence-electron chi connectivity index (χ3n) is 0.930. The summed E-state index contributed by atoms with van der Waals surface area (Å²) in [5.74, 6) is -0.390. The molecule has 1 aromatic heterocycles. The molecule has 0 aromatic carbocycles. The summed E-state index contributed by atoms with van der Waals surface area (Å²) in [6.07, 6.45) is 0. The average molecular weight is 304 g/mol. The number of carbonyl (C=O) groups is 1. The lowest BCUT2D eigenvalue weighted by molar-refractivity contribution is 0.0605. The molecule has 0 amide bonds. The molecule has 0 atom stereocenters. The molecule has 0 N–H and O–H groups in total.